The molecule has 0 fully saturated rings. The molecular weight excluding hydrogens is 370 g/mol. The Balaban J connectivity index is 1.52. The predicted molar refractivity (Wildman–Crippen MR) is 107 cm³/mol. The van der Waals surface area contributed by atoms with Crippen molar-refractivity contribution >= 4 is 22.8 Å². The Hall–Kier alpha value is -3.94. The van der Waals surface area contributed by atoms with E-state index >= 15 is 0 Å². The molecule has 0 unspecified atom stereocenters. The van der Waals surface area contributed by atoms with Gasteiger partial charge in [0.25, 0.3) is 5.91 Å². The van der Waals surface area contributed by atoms with Crippen molar-refractivity contribution in [1.29, 1.82) is 0 Å². The lowest BCUT2D eigenvalue weighted by atomic mass is 10.1. The van der Waals surface area contributed by atoms with Gasteiger partial charge in [0, 0.05) is 17.1 Å². The molecule has 0 spiro atoms. The topological polar surface area (TPSA) is 102 Å². The number of aryl methyl sites for hydroxylation is 1. The van der Waals surface area contributed by atoms with Gasteiger partial charge in [0.1, 0.15) is 5.58 Å². The van der Waals surface area contributed by atoms with E-state index in [1.54, 1.807) is 29.9 Å². The molecule has 4 aromatic rings. The molecule has 8 nitrogen and oxygen atoms in total. The summed E-state index contributed by atoms with van der Waals surface area (Å²) < 4.78 is 7.23. The lowest BCUT2D eigenvalue weighted by molar-refractivity contribution is 0.0831. The number of para-hydroxylation sites is 1. The Kier molecular flexibility index (Phi) is 4.82. The average molecular weight is 389 g/mol. The van der Waals surface area contributed by atoms with E-state index in [2.05, 4.69) is 20.9 Å². The number of aromatic nitrogens is 3. The summed E-state index contributed by atoms with van der Waals surface area (Å²) in [6, 6.07) is 12.8. The van der Waals surface area contributed by atoms with Gasteiger partial charge in [-0.15, -0.1) is 0 Å². The van der Waals surface area contributed by atoms with E-state index in [-0.39, 0.29) is 5.76 Å². The summed E-state index contributed by atoms with van der Waals surface area (Å²) in [6.07, 6.45) is 3.68. The Morgan fingerprint density at radius 3 is 2.55 bits per heavy atom. The molecule has 29 heavy (non-hydrogen) atoms. The molecule has 0 aliphatic rings. The monoisotopic (exact) mass is 389 g/mol. The van der Waals surface area contributed by atoms with Gasteiger partial charge in [-0.25, -0.2) is 9.67 Å². The van der Waals surface area contributed by atoms with Crippen molar-refractivity contribution in [2.24, 2.45) is 0 Å². The smallest absolute Gasteiger partial charge is 0.305 e. The molecule has 0 aliphatic carbocycles. The first kappa shape index (κ1) is 18.4. The fraction of sp³-hybridized carbons (Fsp3) is 0.143. The molecule has 2 N–H and O–H groups in total. The van der Waals surface area contributed by atoms with E-state index < -0.39 is 11.8 Å². The van der Waals surface area contributed by atoms with E-state index in [0.717, 1.165) is 5.39 Å². The van der Waals surface area contributed by atoms with Crippen LogP contribution in [0.3, 0.4) is 0 Å². The Bertz CT molecular complexity index is 1190. The van der Waals surface area contributed by atoms with Gasteiger partial charge in [-0.2, -0.15) is 5.10 Å². The third kappa shape index (κ3) is 3.36. The van der Waals surface area contributed by atoms with Crippen molar-refractivity contribution in [3.8, 4) is 5.82 Å². The van der Waals surface area contributed by atoms with E-state index in [1.807, 2.05) is 37.3 Å². The van der Waals surface area contributed by atoms with Crippen LogP contribution in [0.1, 0.15) is 39.1 Å². The standard InChI is InChI=1S/C21H19N5O3/c1-3-16-15(12-23-26(16)18-10-6-7-11-22-18)20(27)24-25-21(28)19-13(2)14-8-4-5-9-17(14)29-19/h4-12H,3H2,1-2H3,(H,24,27)(H,25,28). The summed E-state index contributed by atoms with van der Waals surface area (Å²) >= 11 is 0. The maximum absolute atomic E-state index is 12.6. The number of hydrazine groups is 1. The molecule has 0 aliphatic heterocycles. The van der Waals surface area contributed by atoms with Gasteiger partial charge in [-0.3, -0.25) is 20.4 Å². The van der Waals surface area contributed by atoms with Crippen LogP contribution in [0.15, 0.2) is 59.3 Å². The number of benzene rings is 1. The van der Waals surface area contributed by atoms with Crippen LogP contribution in [0.4, 0.5) is 0 Å². The van der Waals surface area contributed by atoms with Gasteiger partial charge >= 0.3 is 5.91 Å². The largest absolute Gasteiger partial charge is 0.451 e. The number of carbonyl (C=O) groups excluding carboxylic acids is 2. The number of nitrogens with one attached hydrogen (secondary N) is 2. The molecule has 0 saturated carbocycles. The van der Waals surface area contributed by atoms with E-state index in [9.17, 15) is 9.59 Å². The Morgan fingerprint density at radius 2 is 1.83 bits per heavy atom. The zero-order valence-electron chi connectivity index (χ0n) is 16.0. The molecule has 0 bridgehead atoms. The summed E-state index contributed by atoms with van der Waals surface area (Å²) in [5.74, 6) is -0.218. The van der Waals surface area contributed by atoms with E-state index in [4.69, 9.17) is 4.42 Å². The van der Waals surface area contributed by atoms with Gasteiger partial charge in [-0.1, -0.05) is 31.2 Å². The third-order valence-corrected chi connectivity index (χ3v) is 4.65. The highest BCUT2D eigenvalue weighted by molar-refractivity contribution is 6.01. The van der Waals surface area contributed by atoms with Gasteiger partial charge in [0.05, 0.1) is 17.5 Å². The summed E-state index contributed by atoms with van der Waals surface area (Å²) in [7, 11) is 0. The number of furan rings is 1. The van der Waals surface area contributed by atoms with Crippen molar-refractivity contribution in [3.05, 3.63) is 77.4 Å². The van der Waals surface area contributed by atoms with Crippen LogP contribution in [-0.2, 0) is 6.42 Å². The number of nitrogens with zero attached hydrogens (tertiary/aromatic N) is 3. The second-order valence-electron chi connectivity index (χ2n) is 6.42. The number of carbonyl (C=O) groups is 2. The van der Waals surface area contributed by atoms with Crippen LogP contribution in [0.2, 0.25) is 0 Å². The molecule has 0 atom stereocenters. The summed E-state index contributed by atoms with van der Waals surface area (Å²) in [5.41, 5.74) is 7.23. The number of amides is 2. The second-order valence-corrected chi connectivity index (χ2v) is 6.42. The van der Waals surface area contributed by atoms with E-state index in [0.29, 0.717) is 34.6 Å². The summed E-state index contributed by atoms with van der Waals surface area (Å²) in [6.45, 7) is 3.72. The normalized spacial score (nSPS) is 10.8. The lowest BCUT2D eigenvalue weighted by Gasteiger charge is -2.08. The first-order chi connectivity index (χ1) is 14.1. The predicted octanol–water partition coefficient (Wildman–Crippen LogP) is 2.96. The first-order valence-corrected chi connectivity index (χ1v) is 9.17. The molecule has 146 valence electrons. The van der Waals surface area contributed by atoms with Crippen molar-refractivity contribution in [2.45, 2.75) is 20.3 Å². The lowest BCUT2D eigenvalue weighted by Crippen LogP contribution is -2.42. The molecular formula is C21H19N5O3. The molecule has 3 aromatic heterocycles. The number of hydrogen-bond acceptors (Lipinski definition) is 5. The average Bonchev–Trinajstić information content (AvgIpc) is 3.34. The SMILES string of the molecule is CCc1c(C(=O)NNC(=O)c2oc3ccccc3c2C)cnn1-c1ccccn1. The first-order valence-electron chi connectivity index (χ1n) is 9.17. The van der Waals surface area contributed by atoms with Crippen molar-refractivity contribution in [2.75, 3.05) is 0 Å². The molecule has 1 aromatic carbocycles. The highest BCUT2D eigenvalue weighted by Crippen LogP contribution is 2.24. The molecule has 0 radical (unpaired) electrons. The van der Waals surface area contributed by atoms with Crippen molar-refractivity contribution in [3.63, 3.8) is 0 Å². The molecule has 8 heteroatoms. The van der Waals surface area contributed by atoms with Gasteiger partial charge in [0.15, 0.2) is 11.6 Å². The molecule has 0 saturated heterocycles. The minimum absolute atomic E-state index is 0.159. The van der Waals surface area contributed by atoms with Gasteiger partial charge in [0.2, 0.25) is 0 Å². The summed E-state index contributed by atoms with van der Waals surface area (Å²) in [5, 5.41) is 5.12. The molecule has 2 amide bonds. The minimum Gasteiger partial charge on any atom is -0.451 e. The number of hydrogen-bond donors (Lipinski definition) is 2. The quantitative estimate of drug-likeness (QED) is 0.523. The zero-order valence-corrected chi connectivity index (χ0v) is 16.0. The van der Waals surface area contributed by atoms with Crippen LogP contribution >= 0.6 is 0 Å². The summed E-state index contributed by atoms with van der Waals surface area (Å²) in [4.78, 5) is 29.4. The van der Waals surface area contributed by atoms with Crippen LogP contribution in [0.25, 0.3) is 16.8 Å². The molecule has 4 rings (SSSR count). The highest BCUT2D eigenvalue weighted by Gasteiger charge is 2.21. The van der Waals surface area contributed by atoms with Crippen LogP contribution in [0.5, 0.6) is 0 Å². The molecule has 3 heterocycles. The number of rotatable bonds is 4. The van der Waals surface area contributed by atoms with Gasteiger partial charge in [-0.05, 0) is 31.5 Å². The van der Waals surface area contributed by atoms with Gasteiger partial charge < -0.3 is 4.42 Å². The third-order valence-electron chi connectivity index (χ3n) is 4.65. The minimum atomic E-state index is -0.526. The highest BCUT2D eigenvalue weighted by atomic mass is 16.3. The fourth-order valence-corrected chi connectivity index (χ4v) is 3.21. The zero-order chi connectivity index (χ0) is 20.4. The number of fused-ring (bicyclic) bond motifs is 1. The Morgan fingerprint density at radius 1 is 1.07 bits per heavy atom. The van der Waals surface area contributed by atoms with Crippen molar-refractivity contribution in [1.82, 2.24) is 25.6 Å². The Labute approximate surface area is 166 Å². The maximum atomic E-state index is 12.6. The second kappa shape index (κ2) is 7.59. The van der Waals surface area contributed by atoms with Crippen LogP contribution in [-0.4, -0.2) is 26.6 Å². The van der Waals surface area contributed by atoms with Crippen LogP contribution in [0, 0.1) is 6.92 Å². The van der Waals surface area contributed by atoms with E-state index in [1.165, 1.54) is 6.20 Å². The fourth-order valence-electron chi connectivity index (χ4n) is 3.21. The van der Waals surface area contributed by atoms with Crippen LogP contribution < -0.4 is 10.9 Å². The maximum Gasteiger partial charge on any atom is 0.305 e. The number of pyridine rings is 1. The van der Waals surface area contributed by atoms with Crippen molar-refractivity contribution < 1.29 is 14.0 Å².